The number of hydrogen-bond donors (Lipinski definition) is 3. The zero-order chi connectivity index (χ0) is 21.0. The van der Waals surface area contributed by atoms with Gasteiger partial charge in [-0.2, -0.15) is 0 Å². The van der Waals surface area contributed by atoms with Gasteiger partial charge in [0.25, 0.3) is 5.91 Å². The summed E-state index contributed by atoms with van der Waals surface area (Å²) in [6.07, 6.45) is 0.450. The van der Waals surface area contributed by atoms with E-state index < -0.39 is 11.7 Å². The van der Waals surface area contributed by atoms with Crippen molar-refractivity contribution >= 4 is 29.1 Å². The molecule has 0 aliphatic carbocycles. The van der Waals surface area contributed by atoms with Crippen LogP contribution in [0.1, 0.15) is 37.6 Å². The van der Waals surface area contributed by atoms with E-state index in [1.54, 1.807) is 24.3 Å². The number of anilines is 3. The van der Waals surface area contributed by atoms with Crippen molar-refractivity contribution in [1.82, 2.24) is 5.32 Å². The van der Waals surface area contributed by atoms with Gasteiger partial charge in [-0.1, -0.05) is 12.1 Å². The fourth-order valence-electron chi connectivity index (χ4n) is 3.22. The maximum absolute atomic E-state index is 12.4. The van der Waals surface area contributed by atoms with Crippen LogP contribution in [0, 0.1) is 0 Å². The molecular formula is C22H28N4O3. The molecule has 154 valence electrons. The maximum atomic E-state index is 12.4. The van der Waals surface area contributed by atoms with E-state index in [4.69, 9.17) is 10.5 Å². The van der Waals surface area contributed by atoms with Gasteiger partial charge in [-0.3, -0.25) is 4.79 Å². The Labute approximate surface area is 171 Å². The zero-order valence-electron chi connectivity index (χ0n) is 17.1. The first-order valence-corrected chi connectivity index (χ1v) is 9.72. The topological polar surface area (TPSA) is 96.7 Å². The van der Waals surface area contributed by atoms with Crippen LogP contribution in [0.25, 0.3) is 0 Å². The summed E-state index contributed by atoms with van der Waals surface area (Å²) < 4.78 is 5.32. The lowest BCUT2D eigenvalue weighted by Crippen LogP contribution is -2.40. The Balaban J connectivity index is 1.56. The summed E-state index contributed by atoms with van der Waals surface area (Å²) in [4.78, 5) is 26.6. The number of nitrogen functional groups attached to an aromatic ring is 1. The molecule has 0 radical (unpaired) electrons. The van der Waals surface area contributed by atoms with Gasteiger partial charge in [0.2, 0.25) is 0 Å². The van der Waals surface area contributed by atoms with E-state index in [-0.39, 0.29) is 11.9 Å². The van der Waals surface area contributed by atoms with Gasteiger partial charge in [0.05, 0.1) is 17.4 Å². The molecular weight excluding hydrogens is 368 g/mol. The van der Waals surface area contributed by atoms with Crippen molar-refractivity contribution in [2.75, 3.05) is 29.0 Å². The highest BCUT2D eigenvalue weighted by Crippen LogP contribution is 2.22. The second-order valence-corrected chi connectivity index (χ2v) is 8.17. The molecule has 1 aliphatic heterocycles. The molecule has 1 saturated heterocycles. The van der Waals surface area contributed by atoms with Gasteiger partial charge < -0.3 is 26.0 Å². The second-order valence-electron chi connectivity index (χ2n) is 8.17. The first-order valence-electron chi connectivity index (χ1n) is 9.72. The number of nitrogens with zero attached hydrogens (tertiary/aromatic N) is 1. The maximum Gasteiger partial charge on any atom is 0.407 e. The molecule has 0 spiro atoms. The van der Waals surface area contributed by atoms with Crippen LogP contribution in [-0.4, -0.2) is 36.7 Å². The quantitative estimate of drug-likeness (QED) is 0.686. The third-order valence-electron chi connectivity index (χ3n) is 4.61. The largest absolute Gasteiger partial charge is 0.444 e. The summed E-state index contributed by atoms with van der Waals surface area (Å²) in [5.41, 5.74) is 8.05. The van der Waals surface area contributed by atoms with Crippen molar-refractivity contribution in [1.29, 1.82) is 0 Å². The average molecular weight is 396 g/mol. The Morgan fingerprint density at radius 2 is 1.79 bits per heavy atom. The van der Waals surface area contributed by atoms with Crippen LogP contribution < -0.4 is 21.3 Å². The minimum atomic E-state index is -0.511. The highest BCUT2D eigenvalue weighted by Gasteiger charge is 2.26. The predicted molar refractivity (Wildman–Crippen MR) is 115 cm³/mol. The molecule has 1 aliphatic rings. The number of para-hydroxylation sites is 2. The Morgan fingerprint density at radius 3 is 2.45 bits per heavy atom. The lowest BCUT2D eigenvalue weighted by Gasteiger charge is -2.22. The molecule has 4 N–H and O–H groups in total. The van der Waals surface area contributed by atoms with Gasteiger partial charge in [-0.25, -0.2) is 4.79 Å². The summed E-state index contributed by atoms with van der Waals surface area (Å²) in [6.45, 7) is 7.06. The van der Waals surface area contributed by atoms with Gasteiger partial charge in [0.1, 0.15) is 5.60 Å². The fourth-order valence-corrected chi connectivity index (χ4v) is 3.22. The Hall–Kier alpha value is -3.22. The molecule has 1 unspecified atom stereocenters. The summed E-state index contributed by atoms with van der Waals surface area (Å²) in [7, 11) is 0. The third-order valence-corrected chi connectivity index (χ3v) is 4.61. The van der Waals surface area contributed by atoms with Crippen molar-refractivity contribution in [2.24, 2.45) is 0 Å². The van der Waals surface area contributed by atoms with Crippen LogP contribution >= 0.6 is 0 Å². The minimum absolute atomic E-state index is 0.0360. The van der Waals surface area contributed by atoms with Gasteiger partial charge in [0, 0.05) is 24.3 Å². The lowest BCUT2D eigenvalue weighted by molar-refractivity contribution is 0.0509. The van der Waals surface area contributed by atoms with Crippen molar-refractivity contribution in [3.63, 3.8) is 0 Å². The van der Waals surface area contributed by atoms with E-state index in [0.29, 0.717) is 23.5 Å². The highest BCUT2D eigenvalue weighted by atomic mass is 16.6. The summed E-state index contributed by atoms with van der Waals surface area (Å²) in [5.74, 6) is -0.208. The van der Waals surface area contributed by atoms with Crippen molar-refractivity contribution in [3.05, 3.63) is 54.1 Å². The van der Waals surface area contributed by atoms with Gasteiger partial charge in [-0.05, 0) is 63.6 Å². The normalized spacial score (nSPS) is 16.4. The molecule has 2 amide bonds. The van der Waals surface area contributed by atoms with Crippen LogP contribution in [0.4, 0.5) is 21.9 Å². The number of hydrogen-bond acceptors (Lipinski definition) is 5. The Bertz CT molecular complexity index is 874. The van der Waals surface area contributed by atoms with Crippen LogP contribution in [0.3, 0.4) is 0 Å². The standard InChI is InChI=1S/C22H28N4O3/c1-22(2,3)29-21(28)24-16-12-13-26(14-16)17-10-8-15(9-11-17)20(27)25-19-7-5-4-6-18(19)23/h4-11,16H,12-14,23H2,1-3H3,(H,24,28)(H,25,27). The molecule has 1 heterocycles. The number of nitrogens with two attached hydrogens (primary N) is 1. The lowest BCUT2D eigenvalue weighted by atomic mass is 10.1. The number of rotatable bonds is 4. The summed E-state index contributed by atoms with van der Waals surface area (Å²) in [6, 6.07) is 14.6. The van der Waals surface area contributed by atoms with E-state index in [2.05, 4.69) is 15.5 Å². The van der Waals surface area contributed by atoms with Crippen LogP contribution in [0.5, 0.6) is 0 Å². The van der Waals surface area contributed by atoms with Crippen LogP contribution in [0.2, 0.25) is 0 Å². The second kappa shape index (κ2) is 8.43. The summed E-state index contributed by atoms with van der Waals surface area (Å²) >= 11 is 0. The molecule has 0 bridgehead atoms. The SMILES string of the molecule is CC(C)(C)OC(=O)NC1CCN(c2ccc(C(=O)Nc3ccccc3N)cc2)C1. The van der Waals surface area contributed by atoms with Gasteiger partial charge in [-0.15, -0.1) is 0 Å². The summed E-state index contributed by atoms with van der Waals surface area (Å²) in [5, 5.41) is 5.74. The molecule has 1 fully saturated rings. The van der Waals surface area contributed by atoms with E-state index >= 15 is 0 Å². The third kappa shape index (κ3) is 5.63. The first kappa shape index (κ1) is 20.5. The van der Waals surface area contributed by atoms with E-state index in [1.807, 2.05) is 45.0 Å². The van der Waals surface area contributed by atoms with Crippen molar-refractivity contribution in [3.8, 4) is 0 Å². The number of alkyl carbamates (subject to hydrolysis) is 1. The molecule has 1 atom stereocenters. The van der Waals surface area contributed by atoms with Crippen molar-refractivity contribution < 1.29 is 14.3 Å². The van der Waals surface area contributed by atoms with Gasteiger partial charge >= 0.3 is 6.09 Å². The molecule has 7 nitrogen and oxygen atoms in total. The molecule has 3 rings (SSSR count). The zero-order valence-corrected chi connectivity index (χ0v) is 17.1. The number of carbonyl (C=O) groups excluding carboxylic acids is 2. The number of amides is 2. The minimum Gasteiger partial charge on any atom is -0.444 e. The molecule has 2 aromatic rings. The predicted octanol–water partition coefficient (Wildman–Crippen LogP) is 3.62. The number of ether oxygens (including phenoxy) is 1. The molecule has 29 heavy (non-hydrogen) atoms. The average Bonchev–Trinajstić information content (AvgIpc) is 3.10. The molecule has 0 aromatic heterocycles. The monoisotopic (exact) mass is 396 g/mol. The number of carbonyl (C=O) groups is 2. The van der Waals surface area contributed by atoms with E-state index in [9.17, 15) is 9.59 Å². The van der Waals surface area contributed by atoms with E-state index in [1.165, 1.54) is 0 Å². The number of nitrogens with one attached hydrogen (secondary N) is 2. The molecule has 2 aromatic carbocycles. The fraction of sp³-hybridized carbons (Fsp3) is 0.364. The molecule has 0 saturated carbocycles. The smallest absolute Gasteiger partial charge is 0.407 e. The Morgan fingerprint density at radius 1 is 1.10 bits per heavy atom. The van der Waals surface area contributed by atoms with Crippen molar-refractivity contribution in [2.45, 2.75) is 38.8 Å². The Kier molecular flexibility index (Phi) is 5.96. The van der Waals surface area contributed by atoms with Gasteiger partial charge in [0.15, 0.2) is 0 Å². The van der Waals surface area contributed by atoms with E-state index in [0.717, 1.165) is 18.7 Å². The first-order chi connectivity index (χ1) is 13.7. The number of benzene rings is 2. The highest BCUT2D eigenvalue weighted by molar-refractivity contribution is 6.05. The van der Waals surface area contributed by atoms with Crippen LogP contribution in [0.15, 0.2) is 48.5 Å². The molecule has 7 heteroatoms. The van der Waals surface area contributed by atoms with Crippen LogP contribution in [-0.2, 0) is 4.74 Å².